The molecule has 0 atom stereocenters. The first-order chi connectivity index (χ1) is 27.2. The van der Waals surface area contributed by atoms with Crippen LogP contribution in [0.25, 0.3) is 79.8 Å². The second-order valence-corrected chi connectivity index (χ2v) is 16.5. The minimum atomic E-state index is 0.375. The van der Waals surface area contributed by atoms with Crippen molar-refractivity contribution in [2.75, 3.05) is 4.90 Å². The van der Waals surface area contributed by atoms with Crippen molar-refractivity contribution in [1.29, 1.82) is 0 Å². The monoisotopic (exact) mass is 766 g/mol. The van der Waals surface area contributed by atoms with Crippen LogP contribution in [0.1, 0.15) is 0 Å². The van der Waals surface area contributed by atoms with Gasteiger partial charge in [0.2, 0.25) is 0 Å². The van der Waals surface area contributed by atoms with Crippen molar-refractivity contribution in [2.45, 2.75) is 0 Å². The van der Waals surface area contributed by atoms with Crippen LogP contribution in [-0.4, -0.2) is 19.1 Å². The van der Waals surface area contributed by atoms with Gasteiger partial charge in [-0.2, -0.15) is 0 Å². The molecule has 0 aliphatic heterocycles. The number of nitrogens with zero attached hydrogens (tertiary/aromatic N) is 2. The maximum atomic E-state index is 2.38. The van der Waals surface area contributed by atoms with Gasteiger partial charge in [0.15, 0.2) is 0 Å². The van der Waals surface area contributed by atoms with E-state index in [2.05, 4.69) is 216 Å². The molecule has 0 fully saturated rings. The molecule has 3 heteroatoms. The maximum absolute atomic E-state index is 2.38. The Balaban J connectivity index is 0.983. The van der Waals surface area contributed by atoms with E-state index in [1.54, 1.807) is 0 Å². The van der Waals surface area contributed by atoms with Gasteiger partial charge in [0.1, 0.15) is 0 Å². The van der Waals surface area contributed by atoms with Gasteiger partial charge in [-0.1, -0.05) is 66.7 Å². The molecule has 2 aromatic heterocycles. The van der Waals surface area contributed by atoms with E-state index in [1.165, 1.54) is 79.8 Å². The Labute approximate surface area is 325 Å². The zero-order chi connectivity index (χ0) is 36.3. The van der Waals surface area contributed by atoms with Crippen LogP contribution in [0.2, 0.25) is 0 Å². The standard InChI is InChI=1S/C52H34N2Se/c1-2-12-41(13-3-1)54-49-16-8-6-14-45(49)47-33-39(23-30-50(47)54)36-18-25-42(26-19-36)53(44-29-22-35-10-4-5-11-38(35)32-44)43-27-20-37(21-28-43)40-24-31-52-48(34-40)46-15-7-9-17-51(46)55-52/h1-34H. The molecule has 2 heterocycles. The van der Waals surface area contributed by atoms with E-state index in [9.17, 15) is 0 Å². The Bertz CT molecular complexity index is 3190. The summed E-state index contributed by atoms with van der Waals surface area (Å²) in [4.78, 5) is 2.37. The van der Waals surface area contributed by atoms with E-state index >= 15 is 0 Å². The summed E-state index contributed by atoms with van der Waals surface area (Å²) in [6, 6.07) is 75.6. The fourth-order valence-electron chi connectivity index (χ4n) is 8.28. The molecule has 0 radical (unpaired) electrons. The number of hydrogen-bond donors (Lipinski definition) is 0. The van der Waals surface area contributed by atoms with Crippen LogP contribution in [0, 0.1) is 0 Å². The zero-order valence-corrected chi connectivity index (χ0v) is 31.6. The van der Waals surface area contributed by atoms with Crippen LogP contribution in [0.4, 0.5) is 17.1 Å². The zero-order valence-electron chi connectivity index (χ0n) is 29.9. The average molecular weight is 766 g/mol. The Morgan fingerprint density at radius 1 is 0.327 bits per heavy atom. The van der Waals surface area contributed by atoms with E-state index in [-0.39, 0.29) is 0 Å². The third kappa shape index (κ3) is 5.48. The summed E-state index contributed by atoms with van der Waals surface area (Å²) in [5.74, 6) is 0. The van der Waals surface area contributed by atoms with E-state index in [4.69, 9.17) is 0 Å². The SMILES string of the molecule is c1ccc(-n2c3ccccc3c3cc(-c4ccc(N(c5ccc(-c6ccc7[se]c8ccccc8c7c6)cc5)c5ccc6ccccc6c5)cc4)ccc32)cc1. The van der Waals surface area contributed by atoms with E-state index in [1.807, 2.05) is 0 Å². The molecule has 11 aromatic rings. The summed E-state index contributed by atoms with van der Waals surface area (Å²) in [5, 5.41) is 7.75. The first-order valence-corrected chi connectivity index (χ1v) is 20.5. The minimum Gasteiger partial charge on any atom is -0.0602 e. The summed E-state index contributed by atoms with van der Waals surface area (Å²) in [6.07, 6.45) is 0. The molecule has 0 saturated carbocycles. The fraction of sp³-hybridized carbons (Fsp3) is 0. The van der Waals surface area contributed by atoms with Gasteiger partial charge in [-0.05, 0) is 46.8 Å². The number of anilines is 3. The third-order valence-electron chi connectivity index (χ3n) is 11.0. The van der Waals surface area contributed by atoms with Gasteiger partial charge in [0.05, 0.1) is 11.0 Å². The van der Waals surface area contributed by atoms with Gasteiger partial charge >= 0.3 is 181 Å². The second kappa shape index (κ2) is 13.0. The average Bonchev–Trinajstić information content (AvgIpc) is 3.80. The summed E-state index contributed by atoms with van der Waals surface area (Å²) in [5.41, 5.74) is 11.8. The number of hydrogen-bond acceptors (Lipinski definition) is 1. The topological polar surface area (TPSA) is 8.17 Å². The van der Waals surface area contributed by atoms with E-state index in [0.717, 1.165) is 17.1 Å². The number of para-hydroxylation sites is 2. The van der Waals surface area contributed by atoms with Crippen LogP contribution in [-0.2, 0) is 0 Å². The van der Waals surface area contributed by atoms with Gasteiger partial charge in [-0.3, -0.25) is 0 Å². The Morgan fingerprint density at radius 2 is 0.873 bits per heavy atom. The van der Waals surface area contributed by atoms with Gasteiger partial charge in [-0.15, -0.1) is 0 Å². The molecular formula is C52H34N2Se. The van der Waals surface area contributed by atoms with Crippen molar-refractivity contribution < 1.29 is 0 Å². The predicted molar refractivity (Wildman–Crippen MR) is 236 cm³/mol. The molecule has 0 spiro atoms. The molecule has 0 N–H and O–H groups in total. The molecule has 0 aliphatic carbocycles. The molecule has 0 amide bonds. The summed E-state index contributed by atoms with van der Waals surface area (Å²) in [7, 11) is 0. The molecule has 55 heavy (non-hydrogen) atoms. The van der Waals surface area contributed by atoms with Crippen LogP contribution in [0.15, 0.2) is 206 Å². The smallest absolute Gasteiger partial charge is 0.0602 e. The van der Waals surface area contributed by atoms with Crippen LogP contribution in [0.3, 0.4) is 0 Å². The molecule has 0 aliphatic rings. The van der Waals surface area contributed by atoms with Crippen LogP contribution in [0.5, 0.6) is 0 Å². The fourth-order valence-corrected chi connectivity index (χ4v) is 10.6. The summed E-state index contributed by atoms with van der Waals surface area (Å²) in [6.45, 7) is 0. The van der Waals surface area contributed by atoms with Gasteiger partial charge in [0, 0.05) is 16.5 Å². The number of benzene rings is 9. The molecule has 2 nitrogen and oxygen atoms in total. The summed E-state index contributed by atoms with van der Waals surface area (Å²) < 4.78 is 5.32. The van der Waals surface area contributed by atoms with Crippen molar-refractivity contribution >= 4 is 83.4 Å². The normalized spacial score (nSPS) is 11.6. The van der Waals surface area contributed by atoms with Crippen molar-refractivity contribution in [3.05, 3.63) is 206 Å². The number of fused-ring (bicyclic) bond motifs is 7. The van der Waals surface area contributed by atoms with Gasteiger partial charge in [0.25, 0.3) is 0 Å². The first-order valence-electron chi connectivity index (χ1n) is 18.7. The van der Waals surface area contributed by atoms with Crippen molar-refractivity contribution in [2.24, 2.45) is 0 Å². The van der Waals surface area contributed by atoms with Crippen molar-refractivity contribution in [3.8, 4) is 27.9 Å². The summed E-state index contributed by atoms with van der Waals surface area (Å²) >= 11 is 0.375. The number of rotatable bonds is 6. The predicted octanol–water partition coefficient (Wildman–Crippen LogP) is 14.1. The van der Waals surface area contributed by atoms with Crippen LogP contribution >= 0.6 is 0 Å². The van der Waals surface area contributed by atoms with Crippen molar-refractivity contribution in [3.63, 3.8) is 0 Å². The Morgan fingerprint density at radius 3 is 1.64 bits per heavy atom. The molecule has 11 rings (SSSR count). The molecule has 9 aromatic carbocycles. The third-order valence-corrected chi connectivity index (χ3v) is 13.4. The molecule has 0 unspecified atom stereocenters. The number of aromatic nitrogens is 1. The minimum absolute atomic E-state index is 0.375. The quantitative estimate of drug-likeness (QED) is 0.153. The Hall–Kier alpha value is -6.64. The van der Waals surface area contributed by atoms with Gasteiger partial charge in [-0.25, -0.2) is 0 Å². The first kappa shape index (κ1) is 31.8. The van der Waals surface area contributed by atoms with Gasteiger partial charge < -0.3 is 4.57 Å². The van der Waals surface area contributed by atoms with E-state index < -0.39 is 0 Å². The molecular weight excluding hydrogens is 732 g/mol. The van der Waals surface area contributed by atoms with E-state index in [0.29, 0.717) is 14.5 Å². The molecule has 0 bridgehead atoms. The second-order valence-electron chi connectivity index (χ2n) is 14.2. The van der Waals surface area contributed by atoms with Crippen molar-refractivity contribution in [1.82, 2.24) is 4.57 Å². The molecule has 258 valence electrons. The Kier molecular flexibility index (Phi) is 7.55. The van der Waals surface area contributed by atoms with Crippen LogP contribution < -0.4 is 4.90 Å². The molecule has 0 saturated heterocycles.